The molecule has 3 heteroatoms. The van der Waals surface area contributed by atoms with E-state index >= 15 is 0 Å². The van der Waals surface area contributed by atoms with E-state index in [0.29, 0.717) is 0 Å². The van der Waals surface area contributed by atoms with Gasteiger partial charge in [0.2, 0.25) is 0 Å². The van der Waals surface area contributed by atoms with E-state index in [0.717, 1.165) is 5.69 Å². The molecular weight excluding hydrogens is 330 g/mol. The smallest absolute Gasteiger partial charge is 0.115 e. The minimum atomic E-state index is 0.111. The summed E-state index contributed by atoms with van der Waals surface area (Å²) >= 11 is 0. The molecule has 0 aliphatic rings. The van der Waals surface area contributed by atoms with Crippen LogP contribution in [0.4, 0.5) is 0 Å². The fourth-order valence-corrected chi connectivity index (χ4v) is 3.64. The molecule has 0 aliphatic heterocycles. The van der Waals surface area contributed by atoms with Crippen LogP contribution in [-0.2, 0) is 10.8 Å². The summed E-state index contributed by atoms with van der Waals surface area (Å²) in [7, 11) is 0. The van der Waals surface area contributed by atoms with Crippen molar-refractivity contribution in [1.82, 2.24) is 14.5 Å². The van der Waals surface area contributed by atoms with E-state index in [1.807, 2.05) is 12.4 Å². The van der Waals surface area contributed by atoms with Crippen LogP contribution in [0.25, 0.3) is 27.5 Å². The van der Waals surface area contributed by atoms with Crippen LogP contribution in [0.5, 0.6) is 0 Å². The summed E-state index contributed by atoms with van der Waals surface area (Å²) in [5.41, 5.74) is 6.29. The van der Waals surface area contributed by atoms with Crippen LogP contribution >= 0.6 is 0 Å². The average Bonchev–Trinajstić information content (AvgIpc) is 2.94. The van der Waals surface area contributed by atoms with E-state index < -0.39 is 0 Å². The molecule has 0 radical (unpaired) electrons. The van der Waals surface area contributed by atoms with E-state index in [9.17, 15) is 0 Å². The largest absolute Gasteiger partial charge is 0.306 e. The Morgan fingerprint density at radius 1 is 0.667 bits per heavy atom. The number of rotatable bonds is 1. The van der Waals surface area contributed by atoms with Crippen LogP contribution in [0, 0.1) is 0 Å². The highest BCUT2D eigenvalue weighted by Crippen LogP contribution is 2.37. The van der Waals surface area contributed by atoms with Gasteiger partial charge in [-0.1, -0.05) is 53.7 Å². The molecule has 0 N–H and O–H groups in total. The van der Waals surface area contributed by atoms with Gasteiger partial charge in [0, 0.05) is 10.8 Å². The van der Waals surface area contributed by atoms with Crippen molar-refractivity contribution in [3.8, 4) is 5.69 Å². The Bertz CT molecular complexity index is 1050. The van der Waals surface area contributed by atoms with Crippen LogP contribution in [-0.4, -0.2) is 14.5 Å². The predicted molar refractivity (Wildman–Crippen MR) is 114 cm³/mol. The van der Waals surface area contributed by atoms with E-state index in [1.54, 1.807) is 6.33 Å². The van der Waals surface area contributed by atoms with Crippen molar-refractivity contribution in [3.63, 3.8) is 0 Å². The molecule has 0 atom stereocenters. The maximum absolute atomic E-state index is 4.24. The van der Waals surface area contributed by atoms with Gasteiger partial charge in [-0.25, -0.2) is 9.97 Å². The zero-order valence-electron chi connectivity index (χ0n) is 17.0. The molecule has 0 fully saturated rings. The highest BCUT2D eigenvalue weighted by atomic mass is 15.0. The molecule has 0 aliphatic carbocycles. The summed E-state index contributed by atoms with van der Waals surface area (Å²) in [4.78, 5) is 8.47. The summed E-state index contributed by atoms with van der Waals surface area (Å²) in [6.07, 6.45) is 5.33. The lowest BCUT2D eigenvalue weighted by molar-refractivity contribution is 0.590. The Labute approximate surface area is 161 Å². The Kier molecular flexibility index (Phi) is 3.88. The zero-order valence-corrected chi connectivity index (χ0v) is 17.0. The van der Waals surface area contributed by atoms with E-state index in [-0.39, 0.29) is 10.8 Å². The standard InChI is InChI=1S/C24H27N3/c1-23(2,3)16-7-9-21-19(11-16)20-12-17(24(4,5)6)8-10-22(20)27(21)18-13-25-15-26-14-18/h7-15H,1-6H3. The van der Waals surface area contributed by atoms with Gasteiger partial charge in [0.1, 0.15) is 6.33 Å². The van der Waals surface area contributed by atoms with Gasteiger partial charge in [-0.05, 0) is 46.2 Å². The second-order valence-corrected chi connectivity index (χ2v) is 9.40. The highest BCUT2D eigenvalue weighted by Gasteiger charge is 2.20. The monoisotopic (exact) mass is 357 g/mol. The van der Waals surface area contributed by atoms with Crippen molar-refractivity contribution in [2.45, 2.75) is 52.4 Å². The topological polar surface area (TPSA) is 30.7 Å². The SMILES string of the molecule is CC(C)(C)c1ccc2c(c1)c1cc(C(C)(C)C)ccc1n2-c1cncnc1. The molecule has 4 rings (SSSR count). The third-order valence-electron chi connectivity index (χ3n) is 5.30. The number of benzene rings is 2. The number of fused-ring (bicyclic) bond motifs is 3. The normalized spacial score (nSPS) is 12.8. The number of hydrogen-bond donors (Lipinski definition) is 0. The summed E-state index contributed by atoms with van der Waals surface area (Å²) < 4.78 is 2.27. The van der Waals surface area contributed by atoms with Crippen LogP contribution in [0.15, 0.2) is 55.1 Å². The Hall–Kier alpha value is -2.68. The van der Waals surface area contributed by atoms with E-state index in [4.69, 9.17) is 0 Å². The summed E-state index contributed by atoms with van der Waals surface area (Å²) in [5, 5.41) is 2.57. The van der Waals surface area contributed by atoms with Crippen molar-refractivity contribution in [2.24, 2.45) is 0 Å². The third-order valence-corrected chi connectivity index (χ3v) is 5.30. The van der Waals surface area contributed by atoms with E-state index in [1.165, 1.54) is 32.9 Å². The van der Waals surface area contributed by atoms with Crippen LogP contribution in [0.3, 0.4) is 0 Å². The fourth-order valence-electron chi connectivity index (χ4n) is 3.64. The van der Waals surface area contributed by atoms with Gasteiger partial charge in [0.05, 0.1) is 29.1 Å². The van der Waals surface area contributed by atoms with Gasteiger partial charge in [-0.15, -0.1) is 0 Å². The molecule has 2 heterocycles. The van der Waals surface area contributed by atoms with Gasteiger partial charge >= 0.3 is 0 Å². The van der Waals surface area contributed by atoms with Crippen LogP contribution < -0.4 is 0 Å². The van der Waals surface area contributed by atoms with Crippen LogP contribution in [0.1, 0.15) is 52.7 Å². The molecule has 0 bridgehead atoms. The lowest BCUT2D eigenvalue weighted by Crippen LogP contribution is -2.10. The molecule has 0 saturated heterocycles. The lowest BCUT2D eigenvalue weighted by Gasteiger charge is -2.19. The average molecular weight is 358 g/mol. The maximum atomic E-state index is 4.24. The molecule has 0 amide bonds. The molecule has 0 unspecified atom stereocenters. The third kappa shape index (κ3) is 3.01. The van der Waals surface area contributed by atoms with Gasteiger partial charge in [0.25, 0.3) is 0 Å². The van der Waals surface area contributed by atoms with Crippen molar-refractivity contribution in [2.75, 3.05) is 0 Å². The van der Waals surface area contributed by atoms with E-state index in [2.05, 4.69) is 92.5 Å². The molecule has 2 aromatic heterocycles. The van der Waals surface area contributed by atoms with Gasteiger partial charge in [0.15, 0.2) is 0 Å². The molecule has 0 saturated carbocycles. The van der Waals surface area contributed by atoms with Crippen LogP contribution in [0.2, 0.25) is 0 Å². The van der Waals surface area contributed by atoms with Gasteiger partial charge in [-0.3, -0.25) is 0 Å². The highest BCUT2D eigenvalue weighted by molar-refractivity contribution is 6.09. The Morgan fingerprint density at radius 3 is 1.52 bits per heavy atom. The second-order valence-electron chi connectivity index (χ2n) is 9.40. The lowest BCUT2D eigenvalue weighted by atomic mass is 9.85. The minimum absolute atomic E-state index is 0.111. The van der Waals surface area contributed by atoms with Crippen molar-refractivity contribution in [3.05, 3.63) is 66.2 Å². The summed E-state index contributed by atoms with van der Waals surface area (Å²) in [5.74, 6) is 0. The first-order valence-corrected chi connectivity index (χ1v) is 9.51. The molecule has 0 spiro atoms. The quantitative estimate of drug-likeness (QED) is 0.408. The predicted octanol–water partition coefficient (Wildman–Crippen LogP) is 6.17. The molecule has 2 aromatic carbocycles. The fraction of sp³-hybridized carbons (Fsp3) is 0.333. The molecule has 3 nitrogen and oxygen atoms in total. The molecule has 27 heavy (non-hydrogen) atoms. The summed E-state index contributed by atoms with van der Waals surface area (Å²) in [6.45, 7) is 13.6. The van der Waals surface area contributed by atoms with Crippen molar-refractivity contribution in [1.29, 1.82) is 0 Å². The molecule has 4 aromatic rings. The second kappa shape index (κ2) is 5.91. The molecular formula is C24H27N3. The zero-order chi connectivity index (χ0) is 19.4. The van der Waals surface area contributed by atoms with Crippen molar-refractivity contribution < 1.29 is 0 Å². The van der Waals surface area contributed by atoms with Gasteiger partial charge < -0.3 is 4.57 Å². The number of hydrogen-bond acceptors (Lipinski definition) is 2. The maximum Gasteiger partial charge on any atom is 0.115 e. The number of aromatic nitrogens is 3. The Morgan fingerprint density at radius 2 is 1.11 bits per heavy atom. The summed E-state index contributed by atoms with van der Waals surface area (Å²) in [6, 6.07) is 13.7. The van der Waals surface area contributed by atoms with Crippen molar-refractivity contribution >= 4 is 21.8 Å². The minimum Gasteiger partial charge on any atom is -0.306 e. The van der Waals surface area contributed by atoms with Gasteiger partial charge in [-0.2, -0.15) is 0 Å². The first-order valence-electron chi connectivity index (χ1n) is 9.51. The number of nitrogens with zero attached hydrogens (tertiary/aromatic N) is 3. The Balaban J connectivity index is 2.13. The first-order chi connectivity index (χ1) is 12.7. The molecule has 138 valence electrons. The first kappa shape index (κ1) is 17.7.